The van der Waals surface area contributed by atoms with E-state index in [4.69, 9.17) is 5.11 Å². The third kappa shape index (κ3) is 22.4. The molecule has 0 aliphatic heterocycles. The van der Waals surface area contributed by atoms with Gasteiger partial charge in [-0.1, -0.05) is 75.8 Å². The molecule has 0 unspecified atom stereocenters. The molecule has 142 valence electrons. The van der Waals surface area contributed by atoms with E-state index >= 15 is 0 Å². The van der Waals surface area contributed by atoms with Crippen LogP contribution in [0.15, 0.2) is 48.6 Å². The minimum Gasteiger partial charge on any atom is -0.481 e. The van der Waals surface area contributed by atoms with Gasteiger partial charge in [0.1, 0.15) is 0 Å². The van der Waals surface area contributed by atoms with Gasteiger partial charge in [-0.2, -0.15) is 0 Å². The van der Waals surface area contributed by atoms with Crippen LogP contribution in [0.25, 0.3) is 0 Å². The number of hydrogen-bond acceptors (Lipinski definition) is 1. The first-order valence-electron chi connectivity index (χ1n) is 9.73. The van der Waals surface area contributed by atoms with Crippen molar-refractivity contribution in [1.29, 1.82) is 0 Å². The maximum Gasteiger partial charge on any atom is 0.303 e. The highest BCUT2D eigenvalue weighted by molar-refractivity contribution is 5.66. The summed E-state index contributed by atoms with van der Waals surface area (Å²) in [6.45, 7) is 6.92. The number of carboxylic acid groups (broad SMARTS) is 1. The van der Waals surface area contributed by atoms with E-state index in [9.17, 15) is 4.79 Å². The average molecular weight is 347 g/mol. The van der Waals surface area contributed by atoms with Crippen LogP contribution >= 0.6 is 0 Å². The van der Waals surface area contributed by atoms with Gasteiger partial charge in [0.2, 0.25) is 0 Å². The van der Waals surface area contributed by atoms with E-state index in [-0.39, 0.29) is 6.42 Å². The number of hydrogen-bond donors (Lipinski definition) is 1. The third-order valence-electron chi connectivity index (χ3n) is 3.79. The van der Waals surface area contributed by atoms with E-state index in [0.29, 0.717) is 5.41 Å². The van der Waals surface area contributed by atoms with Crippen molar-refractivity contribution >= 4 is 5.97 Å². The molecule has 2 nitrogen and oxygen atoms in total. The van der Waals surface area contributed by atoms with Gasteiger partial charge < -0.3 is 5.11 Å². The van der Waals surface area contributed by atoms with Gasteiger partial charge in [0.25, 0.3) is 0 Å². The fourth-order valence-corrected chi connectivity index (χ4v) is 2.34. The van der Waals surface area contributed by atoms with E-state index in [1.54, 1.807) is 0 Å². The maximum atomic E-state index is 10.3. The Kier molecular flexibility index (Phi) is 14.9. The van der Waals surface area contributed by atoms with Crippen molar-refractivity contribution in [2.75, 3.05) is 0 Å². The summed E-state index contributed by atoms with van der Waals surface area (Å²) in [4.78, 5) is 10.3. The van der Waals surface area contributed by atoms with Crippen molar-refractivity contribution < 1.29 is 9.90 Å². The first kappa shape index (κ1) is 23.4. The van der Waals surface area contributed by atoms with E-state index < -0.39 is 5.97 Å². The molecule has 0 heterocycles. The molecule has 0 saturated carbocycles. The molecule has 1 N–H and O–H groups in total. The highest BCUT2D eigenvalue weighted by Crippen LogP contribution is 2.21. The molecule has 0 aromatic carbocycles. The summed E-state index contributed by atoms with van der Waals surface area (Å²) < 4.78 is 0. The molecule has 0 bridgehead atoms. The Morgan fingerprint density at radius 1 is 0.720 bits per heavy atom. The SMILES string of the molecule is CC(C)(C)CCCC/C=C\C/C=C\C/C=C\C/C=C\CCCC(=O)O. The first-order valence-corrected chi connectivity index (χ1v) is 9.73. The summed E-state index contributed by atoms with van der Waals surface area (Å²) in [5.74, 6) is -0.713. The molecule has 0 fully saturated rings. The zero-order chi connectivity index (χ0) is 18.8. The van der Waals surface area contributed by atoms with Crippen LogP contribution in [-0.4, -0.2) is 11.1 Å². The van der Waals surface area contributed by atoms with Crippen LogP contribution in [0.4, 0.5) is 0 Å². The van der Waals surface area contributed by atoms with Gasteiger partial charge in [0.05, 0.1) is 0 Å². The standard InChI is InChI=1S/C23H38O2/c1-23(2,3)21-19-17-15-13-11-9-7-5-4-6-8-10-12-14-16-18-20-22(24)25/h5-8,11-14H,4,9-10,15-21H2,1-3H3,(H,24,25)/b7-5-,8-6-,13-11-,14-12-. The van der Waals surface area contributed by atoms with Crippen molar-refractivity contribution in [2.45, 2.75) is 85.0 Å². The van der Waals surface area contributed by atoms with Crippen molar-refractivity contribution in [3.8, 4) is 0 Å². The van der Waals surface area contributed by atoms with Gasteiger partial charge in [-0.15, -0.1) is 0 Å². The fourth-order valence-electron chi connectivity index (χ4n) is 2.34. The highest BCUT2D eigenvalue weighted by atomic mass is 16.4. The highest BCUT2D eigenvalue weighted by Gasteiger charge is 2.08. The predicted octanol–water partition coefficient (Wildman–Crippen LogP) is 7.24. The summed E-state index contributed by atoms with van der Waals surface area (Å²) in [6.07, 6.45) is 27.4. The van der Waals surface area contributed by atoms with E-state index in [1.165, 1.54) is 25.7 Å². The second-order valence-electron chi connectivity index (χ2n) is 7.69. The molecule has 25 heavy (non-hydrogen) atoms. The van der Waals surface area contributed by atoms with Gasteiger partial charge in [0, 0.05) is 6.42 Å². The molecular weight excluding hydrogens is 308 g/mol. The molecule has 0 aliphatic rings. The van der Waals surface area contributed by atoms with Crippen molar-refractivity contribution in [3.63, 3.8) is 0 Å². The lowest BCUT2D eigenvalue weighted by Gasteiger charge is -2.16. The Bertz CT molecular complexity index is 433. The van der Waals surface area contributed by atoms with Crippen LogP contribution < -0.4 is 0 Å². The minimum atomic E-state index is -0.713. The summed E-state index contributed by atoms with van der Waals surface area (Å²) in [5, 5.41) is 8.52. The molecular formula is C23H38O2. The first-order chi connectivity index (χ1) is 11.9. The van der Waals surface area contributed by atoms with Crippen LogP contribution in [0.2, 0.25) is 0 Å². The van der Waals surface area contributed by atoms with Crippen LogP contribution in [0.1, 0.15) is 85.0 Å². The normalized spacial score (nSPS) is 13.1. The van der Waals surface area contributed by atoms with Gasteiger partial charge in [-0.3, -0.25) is 4.79 Å². The monoisotopic (exact) mass is 346 g/mol. The Morgan fingerprint density at radius 2 is 1.16 bits per heavy atom. The van der Waals surface area contributed by atoms with Gasteiger partial charge >= 0.3 is 5.97 Å². The fraction of sp³-hybridized carbons (Fsp3) is 0.609. The summed E-state index contributed by atoms with van der Waals surface area (Å²) in [6, 6.07) is 0. The van der Waals surface area contributed by atoms with Gasteiger partial charge in [-0.05, 0) is 56.8 Å². The summed E-state index contributed by atoms with van der Waals surface area (Å²) in [5.41, 5.74) is 0.468. The predicted molar refractivity (Wildman–Crippen MR) is 110 cm³/mol. The Hall–Kier alpha value is -1.57. The van der Waals surface area contributed by atoms with Crippen molar-refractivity contribution in [2.24, 2.45) is 5.41 Å². The van der Waals surface area contributed by atoms with Crippen molar-refractivity contribution in [3.05, 3.63) is 48.6 Å². The van der Waals surface area contributed by atoms with E-state index in [1.807, 2.05) is 0 Å². The molecule has 0 radical (unpaired) electrons. The maximum absolute atomic E-state index is 10.3. The lowest BCUT2D eigenvalue weighted by molar-refractivity contribution is -0.137. The molecule has 0 aromatic heterocycles. The van der Waals surface area contributed by atoms with Crippen LogP contribution in [-0.2, 0) is 4.79 Å². The molecule has 0 saturated heterocycles. The summed E-state index contributed by atoms with van der Waals surface area (Å²) >= 11 is 0. The molecule has 0 atom stereocenters. The molecule has 0 amide bonds. The van der Waals surface area contributed by atoms with Gasteiger partial charge in [-0.25, -0.2) is 0 Å². The quantitative estimate of drug-likeness (QED) is 0.266. The van der Waals surface area contributed by atoms with Crippen LogP contribution in [0.3, 0.4) is 0 Å². The Morgan fingerprint density at radius 3 is 1.60 bits per heavy atom. The average Bonchev–Trinajstić information content (AvgIpc) is 2.52. The molecule has 0 aliphatic carbocycles. The number of aliphatic carboxylic acids is 1. The van der Waals surface area contributed by atoms with Crippen LogP contribution in [0.5, 0.6) is 0 Å². The zero-order valence-electron chi connectivity index (χ0n) is 16.5. The smallest absolute Gasteiger partial charge is 0.303 e. The Balaban J connectivity index is 3.46. The Labute approximate surface area is 155 Å². The number of carboxylic acids is 1. The molecule has 0 rings (SSSR count). The lowest BCUT2D eigenvalue weighted by Crippen LogP contribution is -2.03. The number of unbranched alkanes of at least 4 members (excludes halogenated alkanes) is 3. The largest absolute Gasteiger partial charge is 0.481 e. The number of rotatable bonds is 14. The number of carbonyl (C=O) groups is 1. The van der Waals surface area contributed by atoms with Crippen LogP contribution in [0, 0.1) is 5.41 Å². The molecule has 2 heteroatoms. The van der Waals surface area contributed by atoms with Crippen molar-refractivity contribution in [1.82, 2.24) is 0 Å². The molecule has 0 aromatic rings. The number of allylic oxidation sites excluding steroid dienone is 8. The third-order valence-corrected chi connectivity index (χ3v) is 3.79. The summed E-state index contributed by atoms with van der Waals surface area (Å²) in [7, 11) is 0. The topological polar surface area (TPSA) is 37.3 Å². The minimum absolute atomic E-state index is 0.260. The second-order valence-corrected chi connectivity index (χ2v) is 7.69. The van der Waals surface area contributed by atoms with E-state index in [0.717, 1.165) is 32.1 Å². The van der Waals surface area contributed by atoms with E-state index in [2.05, 4.69) is 69.4 Å². The second kappa shape index (κ2) is 15.9. The zero-order valence-corrected chi connectivity index (χ0v) is 16.5. The van der Waals surface area contributed by atoms with Gasteiger partial charge in [0.15, 0.2) is 0 Å². The molecule has 0 spiro atoms. The lowest BCUT2D eigenvalue weighted by atomic mass is 9.89.